The van der Waals surface area contributed by atoms with Crippen LogP contribution in [0.25, 0.3) is 22.3 Å². The fourth-order valence-corrected chi connectivity index (χ4v) is 9.63. The van der Waals surface area contributed by atoms with Gasteiger partial charge in [0.05, 0.1) is 0 Å². The standard InChI is InChI=1S/C36H25F6IO2/c37-35(38,39)20-24-14-16-29-27-12-6-4-8-22(27)18-31(29)33(24)44-43(26-10-2-1-3-11-26)45-34-25(21-36(40,41)42)15-17-30-28-13-7-5-9-23(28)19-32(30)34/h1-17H,18-21H2. The van der Waals surface area contributed by atoms with Gasteiger partial charge in [-0.3, -0.25) is 0 Å². The first-order valence-electron chi connectivity index (χ1n) is 14.3. The average molecular weight is 730 g/mol. The fraction of sp³-hybridized carbons (Fsp3) is 0.167. The van der Waals surface area contributed by atoms with Gasteiger partial charge < -0.3 is 0 Å². The topological polar surface area (TPSA) is 18.5 Å². The van der Waals surface area contributed by atoms with Crippen LogP contribution in [0.15, 0.2) is 103 Å². The molecule has 0 fully saturated rings. The summed E-state index contributed by atoms with van der Waals surface area (Å²) in [6.45, 7) is 0. The number of benzene rings is 5. The summed E-state index contributed by atoms with van der Waals surface area (Å²) in [6.07, 6.45) is -10.7. The summed E-state index contributed by atoms with van der Waals surface area (Å²) in [4.78, 5) is 0. The molecule has 0 spiro atoms. The van der Waals surface area contributed by atoms with Gasteiger partial charge in [0.25, 0.3) is 0 Å². The van der Waals surface area contributed by atoms with Crippen LogP contribution in [-0.4, -0.2) is 12.4 Å². The predicted octanol–water partition coefficient (Wildman–Crippen LogP) is 10.7. The number of fused-ring (bicyclic) bond motifs is 6. The van der Waals surface area contributed by atoms with Crippen molar-refractivity contribution in [2.45, 2.75) is 38.0 Å². The Hall–Kier alpha value is -3.99. The van der Waals surface area contributed by atoms with Crippen LogP contribution < -0.4 is 6.13 Å². The molecule has 2 aliphatic carbocycles. The summed E-state index contributed by atoms with van der Waals surface area (Å²) >= 11 is -3.48. The van der Waals surface area contributed by atoms with E-state index in [2.05, 4.69) is 0 Å². The minimum atomic E-state index is -4.50. The molecule has 0 heterocycles. The van der Waals surface area contributed by atoms with Gasteiger partial charge in [-0.25, -0.2) is 0 Å². The molecule has 0 unspecified atom stereocenters. The van der Waals surface area contributed by atoms with Gasteiger partial charge in [0.1, 0.15) is 0 Å². The maximum absolute atomic E-state index is 13.9. The first-order chi connectivity index (χ1) is 21.5. The average Bonchev–Trinajstić information content (AvgIpc) is 3.56. The van der Waals surface area contributed by atoms with E-state index in [1.807, 2.05) is 48.5 Å². The van der Waals surface area contributed by atoms with E-state index in [4.69, 9.17) is 6.13 Å². The van der Waals surface area contributed by atoms with E-state index in [0.717, 1.165) is 33.4 Å². The zero-order valence-electron chi connectivity index (χ0n) is 23.6. The Bertz CT molecular complexity index is 1780. The van der Waals surface area contributed by atoms with E-state index in [1.165, 1.54) is 12.1 Å². The van der Waals surface area contributed by atoms with Crippen molar-refractivity contribution in [3.63, 3.8) is 0 Å². The third-order valence-corrected chi connectivity index (χ3v) is 11.4. The predicted molar refractivity (Wildman–Crippen MR) is 169 cm³/mol. The van der Waals surface area contributed by atoms with Crippen LogP contribution in [0.2, 0.25) is 0 Å². The van der Waals surface area contributed by atoms with Crippen LogP contribution in [0.1, 0.15) is 33.4 Å². The van der Waals surface area contributed by atoms with Crippen molar-refractivity contribution in [1.82, 2.24) is 0 Å². The van der Waals surface area contributed by atoms with Crippen molar-refractivity contribution >= 4 is 20.6 Å². The van der Waals surface area contributed by atoms with E-state index in [-0.39, 0.29) is 22.6 Å². The van der Waals surface area contributed by atoms with Gasteiger partial charge >= 0.3 is 265 Å². The summed E-state index contributed by atoms with van der Waals surface area (Å²) in [5.74, 6) is 0.201. The number of alkyl halides is 6. The van der Waals surface area contributed by atoms with Gasteiger partial charge in [0.2, 0.25) is 0 Å². The number of halogens is 7. The summed E-state index contributed by atoms with van der Waals surface area (Å²) in [5, 5.41) is 0. The molecule has 7 rings (SSSR count). The van der Waals surface area contributed by atoms with Gasteiger partial charge in [0, 0.05) is 0 Å². The molecule has 0 atom stereocenters. The minimum absolute atomic E-state index is 0.0305. The van der Waals surface area contributed by atoms with Crippen molar-refractivity contribution in [1.29, 1.82) is 0 Å². The van der Waals surface area contributed by atoms with E-state index in [0.29, 0.717) is 27.5 Å². The monoisotopic (exact) mass is 730 g/mol. The molecule has 0 saturated heterocycles. The molecule has 0 bridgehead atoms. The number of rotatable bonds is 7. The molecule has 2 nitrogen and oxygen atoms in total. The van der Waals surface area contributed by atoms with Crippen LogP contribution in [0.3, 0.4) is 0 Å². The maximum atomic E-state index is 13.9. The van der Waals surface area contributed by atoms with Gasteiger partial charge in [-0.1, -0.05) is 0 Å². The molecule has 0 aromatic heterocycles. The first kappa shape index (κ1) is 29.7. The van der Waals surface area contributed by atoms with Crippen LogP contribution in [0.5, 0.6) is 11.5 Å². The molecule has 45 heavy (non-hydrogen) atoms. The van der Waals surface area contributed by atoms with Crippen molar-refractivity contribution in [3.05, 3.63) is 140 Å². The third kappa shape index (κ3) is 6.02. The van der Waals surface area contributed by atoms with Gasteiger partial charge in [-0.05, 0) is 0 Å². The van der Waals surface area contributed by atoms with Gasteiger partial charge in [-0.2, -0.15) is 0 Å². The second-order valence-corrected chi connectivity index (χ2v) is 14.4. The van der Waals surface area contributed by atoms with Crippen LogP contribution in [0.4, 0.5) is 26.3 Å². The third-order valence-electron chi connectivity index (χ3n) is 8.02. The number of hydrogen-bond donors (Lipinski definition) is 0. The summed E-state index contributed by atoms with van der Waals surface area (Å²) in [5.41, 5.74) is 6.53. The van der Waals surface area contributed by atoms with E-state index >= 15 is 0 Å². The fourth-order valence-electron chi connectivity index (χ4n) is 6.13. The molecule has 5 aromatic carbocycles. The van der Waals surface area contributed by atoms with Crippen molar-refractivity contribution in [2.75, 3.05) is 0 Å². The Morgan fingerprint density at radius 1 is 0.489 bits per heavy atom. The zero-order valence-corrected chi connectivity index (χ0v) is 25.8. The van der Waals surface area contributed by atoms with Crippen LogP contribution >= 0.6 is 20.6 Å². The molecule has 5 aromatic rings. The Balaban J connectivity index is 1.36. The second-order valence-electron chi connectivity index (χ2n) is 11.1. The zero-order chi connectivity index (χ0) is 31.3. The molecule has 230 valence electrons. The number of hydrogen-bond acceptors (Lipinski definition) is 2. The molecule has 0 amide bonds. The molecular formula is C36H25F6IO2. The summed E-state index contributed by atoms with van der Waals surface area (Å²) in [7, 11) is 0. The second kappa shape index (κ2) is 11.4. The Morgan fingerprint density at radius 3 is 1.36 bits per heavy atom. The first-order valence-corrected chi connectivity index (χ1v) is 17.1. The van der Waals surface area contributed by atoms with Gasteiger partial charge in [0.15, 0.2) is 0 Å². The molecule has 0 N–H and O–H groups in total. The quantitative estimate of drug-likeness (QED) is 0.120. The summed E-state index contributed by atoms with van der Waals surface area (Å²) < 4.78 is 97.0. The normalized spacial score (nSPS) is 13.5. The van der Waals surface area contributed by atoms with Crippen LogP contribution in [-0.2, 0) is 25.7 Å². The Labute approximate surface area is 264 Å². The van der Waals surface area contributed by atoms with Crippen molar-refractivity contribution in [3.8, 4) is 33.8 Å². The molecule has 2 aliphatic rings. The molecule has 9 heteroatoms. The summed E-state index contributed by atoms with van der Waals surface area (Å²) in [6, 6.07) is 30.3. The molecule has 0 saturated carbocycles. The molecule has 0 aliphatic heterocycles. The van der Waals surface area contributed by atoms with Gasteiger partial charge in [-0.15, -0.1) is 0 Å². The SMILES string of the molecule is FC(F)(F)Cc1ccc2c(c1OI(Oc1c(CC(F)(F)F)ccc3c1Cc1ccccc1-3)c1ccccc1)Cc1ccccc1-2. The van der Waals surface area contributed by atoms with Crippen molar-refractivity contribution in [2.24, 2.45) is 0 Å². The van der Waals surface area contributed by atoms with E-state index < -0.39 is 45.8 Å². The van der Waals surface area contributed by atoms with Crippen molar-refractivity contribution < 1.29 is 32.5 Å². The Kier molecular flexibility index (Phi) is 7.54. The van der Waals surface area contributed by atoms with E-state index in [9.17, 15) is 26.3 Å². The molecular weight excluding hydrogens is 705 g/mol. The van der Waals surface area contributed by atoms with Crippen LogP contribution in [0, 0.1) is 3.57 Å². The Morgan fingerprint density at radius 2 is 0.911 bits per heavy atom. The van der Waals surface area contributed by atoms with E-state index in [1.54, 1.807) is 42.5 Å². The molecule has 0 radical (unpaired) electrons.